The van der Waals surface area contributed by atoms with Gasteiger partial charge in [-0.15, -0.1) is 0 Å². The summed E-state index contributed by atoms with van der Waals surface area (Å²) in [5.41, 5.74) is 2.32. The van der Waals surface area contributed by atoms with E-state index in [4.69, 9.17) is 0 Å². The maximum Gasteiger partial charge on any atom is 0.337 e. The molecule has 2 N–H and O–H groups in total. The monoisotopic (exact) mass is 366 g/mol. The van der Waals surface area contributed by atoms with Crippen LogP contribution in [0.25, 0.3) is 0 Å². The van der Waals surface area contributed by atoms with Crippen LogP contribution in [0.2, 0.25) is 0 Å². The van der Waals surface area contributed by atoms with E-state index < -0.39 is 5.97 Å². The number of nitrogens with one attached hydrogen (secondary N) is 2. The minimum absolute atomic E-state index is 0.282. The molecule has 0 aliphatic carbocycles. The summed E-state index contributed by atoms with van der Waals surface area (Å²) in [4.78, 5) is 35.5. The van der Waals surface area contributed by atoms with E-state index in [0.29, 0.717) is 17.8 Å². The van der Waals surface area contributed by atoms with Gasteiger partial charge in [0.25, 0.3) is 5.91 Å². The van der Waals surface area contributed by atoms with Gasteiger partial charge in [0.05, 0.1) is 12.7 Å². The van der Waals surface area contributed by atoms with Crippen molar-refractivity contribution in [1.82, 2.24) is 5.32 Å². The summed E-state index contributed by atoms with van der Waals surface area (Å²) in [6, 6.07) is 16.1. The number of carbonyl (C=O) groups excluding carboxylic acids is 3. The Morgan fingerprint density at radius 2 is 1.67 bits per heavy atom. The molecule has 2 amide bonds. The Bertz CT molecular complexity index is 827. The number of carbonyl (C=O) groups is 3. The van der Waals surface area contributed by atoms with Crippen molar-refractivity contribution < 1.29 is 19.1 Å². The normalized spacial score (nSPS) is 10.8. The Labute approximate surface area is 158 Å². The Balaban J connectivity index is 1.84. The van der Waals surface area contributed by atoms with Gasteiger partial charge in [0.2, 0.25) is 5.91 Å². The highest BCUT2D eigenvalue weighted by atomic mass is 16.5. The Kier molecular flexibility index (Phi) is 7.31. The van der Waals surface area contributed by atoms with Crippen LogP contribution in [0, 0.1) is 0 Å². The summed E-state index contributed by atoms with van der Waals surface area (Å²) in [6.45, 7) is 2.05. The molecule has 0 aliphatic heterocycles. The average molecular weight is 366 g/mol. The van der Waals surface area contributed by atoms with Crippen molar-refractivity contribution in [3.63, 3.8) is 0 Å². The molecule has 0 fully saturated rings. The molecule has 0 spiro atoms. The Morgan fingerprint density at radius 3 is 2.30 bits per heavy atom. The standard InChI is InChI=1S/C21H22N2O4/c1-15(14-19(24)22-13-12-16-6-4-3-5-7-16)20(25)23-18-10-8-17(9-11-18)21(26)27-2/h3-11,14H,12-13H2,1-2H3,(H,22,24)(H,23,25)/b15-14+. The molecule has 2 rings (SSSR count). The van der Waals surface area contributed by atoms with Crippen LogP contribution in [0.1, 0.15) is 22.8 Å². The number of hydrogen-bond donors (Lipinski definition) is 2. The van der Waals surface area contributed by atoms with Gasteiger partial charge in [0.15, 0.2) is 0 Å². The number of benzene rings is 2. The minimum atomic E-state index is -0.448. The second-order valence-corrected chi connectivity index (χ2v) is 5.88. The van der Waals surface area contributed by atoms with Crippen molar-refractivity contribution in [3.05, 3.63) is 77.4 Å². The molecular formula is C21H22N2O4. The van der Waals surface area contributed by atoms with Crippen LogP contribution in [0.3, 0.4) is 0 Å². The molecule has 140 valence electrons. The second kappa shape index (κ2) is 9.91. The Morgan fingerprint density at radius 1 is 1.00 bits per heavy atom. The molecule has 6 nitrogen and oxygen atoms in total. The number of ether oxygens (including phenoxy) is 1. The molecule has 0 heterocycles. The fourth-order valence-corrected chi connectivity index (χ4v) is 2.33. The zero-order valence-electron chi connectivity index (χ0n) is 15.3. The third kappa shape index (κ3) is 6.43. The molecule has 0 radical (unpaired) electrons. The highest BCUT2D eigenvalue weighted by Crippen LogP contribution is 2.11. The van der Waals surface area contributed by atoms with Gasteiger partial charge in [-0.2, -0.15) is 0 Å². The molecule has 2 aromatic rings. The van der Waals surface area contributed by atoms with Gasteiger partial charge in [-0.25, -0.2) is 4.79 Å². The molecule has 0 aromatic heterocycles. The SMILES string of the molecule is COC(=O)c1ccc(NC(=O)/C(C)=C/C(=O)NCCc2ccccc2)cc1. The highest BCUT2D eigenvalue weighted by Gasteiger charge is 2.09. The van der Waals surface area contributed by atoms with Gasteiger partial charge >= 0.3 is 5.97 Å². The summed E-state index contributed by atoms with van der Waals surface area (Å²) in [5.74, 6) is -1.16. The van der Waals surface area contributed by atoms with Crippen molar-refractivity contribution in [2.45, 2.75) is 13.3 Å². The molecule has 0 aliphatic rings. The maximum absolute atomic E-state index is 12.2. The van der Waals surface area contributed by atoms with Crippen molar-refractivity contribution >= 4 is 23.5 Å². The minimum Gasteiger partial charge on any atom is -0.465 e. The first kappa shape index (κ1) is 19.9. The van der Waals surface area contributed by atoms with Crippen LogP contribution in [0.5, 0.6) is 0 Å². The van der Waals surface area contributed by atoms with Crippen molar-refractivity contribution in [3.8, 4) is 0 Å². The average Bonchev–Trinajstić information content (AvgIpc) is 2.68. The van der Waals surface area contributed by atoms with Gasteiger partial charge in [0.1, 0.15) is 0 Å². The van der Waals surface area contributed by atoms with E-state index in [1.165, 1.54) is 13.2 Å². The van der Waals surface area contributed by atoms with Crippen LogP contribution in [-0.2, 0) is 20.7 Å². The van der Waals surface area contributed by atoms with E-state index in [0.717, 1.165) is 12.0 Å². The van der Waals surface area contributed by atoms with Crippen molar-refractivity contribution in [1.29, 1.82) is 0 Å². The predicted octanol–water partition coefficient (Wildman–Crippen LogP) is 2.72. The van der Waals surface area contributed by atoms with Crippen LogP contribution in [0.4, 0.5) is 5.69 Å². The van der Waals surface area contributed by atoms with E-state index >= 15 is 0 Å². The van der Waals surface area contributed by atoms with Gasteiger partial charge < -0.3 is 15.4 Å². The molecule has 6 heteroatoms. The number of methoxy groups -OCH3 is 1. The zero-order valence-corrected chi connectivity index (χ0v) is 15.3. The van der Waals surface area contributed by atoms with Gasteiger partial charge in [-0.3, -0.25) is 9.59 Å². The fourth-order valence-electron chi connectivity index (χ4n) is 2.33. The molecule has 0 atom stereocenters. The summed E-state index contributed by atoms with van der Waals surface area (Å²) in [5, 5.41) is 5.43. The fraction of sp³-hybridized carbons (Fsp3) is 0.190. The van der Waals surface area contributed by atoms with E-state index in [9.17, 15) is 14.4 Å². The van der Waals surface area contributed by atoms with Crippen LogP contribution in [0.15, 0.2) is 66.2 Å². The molecule has 2 aromatic carbocycles. The summed E-state index contributed by atoms with van der Waals surface area (Å²) in [7, 11) is 1.30. The molecule has 0 unspecified atom stereocenters. The number of rotatable bonds is 7. The third-order valence-corrected chi connectivity index (χ3v) is 3.83. The first-order chi connectivity index (χ1) is 13.0. The predicted molar refractivity (Wildman–Crippen MR) is 103 cm³/mol. The highest BCUT2D eigenvalue weighted by molar-refractivity contribution is 6.07. The van der Waals surface area contributed by atoms with E-state index in [1.54, 1.807) is 31.2 Å². The second-order valence-electron chi connectivity index (χ2n) is 5.88. The van der Waals surface area contributed by atoms with E-state index in [1.807, 2.05) is 30.3 Å². The van der Waals surface area contributed by atoms with Gasteiger partial charge in [-0.05, 0) is 43.2 Å². The van der Waals surface area contributed by atoms with Gasteiger partial charge in [0, 0.05) is 23.9 Å². The summed E-state index contributed by atoms with van der Waals surface area (Å²) < 4.78 is 4.62. The first-order valence-electron chi connectivity index (χ1n) is 8.49. The van der Waals surface area contributed by atoms with Crippen LogP contribution in [-0.4, -0.2) is 31.4 Å². The van der Waals surface area contributed by atoms with Gasteiger partial charge in [-0.1, -0.05) is 30.3 Å². The smallest absolute Gasteiger partial charge is 0.337 e. The number of esters is 1. The van der Waals surface area contributed by atoms with Crippen molar-refractivity contribution in [2.24, 2.45) is 0 Å². The topological polar surface area (TPSA) is 84.5 Å². The zero-order chi connectivity index (χ0) is 19.6. The lowest BCUT2D eigenvalue weighted by Gasteiger charge is -2.07. The molecule has 0 bridgehead atoms. The van der Waals surface area contributed by atoms with Crippen molar-refractivity contribution in [2.75, 3.05) is 19.0 Å². The molecular weight excluding hydrogens is 344 g/mol. The Hall–Kier alpha value is -3.41. The number of amides is 2. The van der Waals surface area contributed by atoms with E-state index in [-0.39, 0.29) is 17.4 Å². The van der Waals surface area contributed by atoms with Crippen LogP contribution >= 0.6 is 0 Å². The molecule has 0 saturated carbocycles. The van der Waals surface area contributed by atoms with Crippen LogP contribution < -0.4 is 10.6 Å². The largest absolute Gasteiger partial charge is 0.465 e. The molecule has 0 saturated heterocycles. The number of hydrogen-bond acceptors (Lipinski definition) is 4. The quantitative estimate of drug-likeness (QED) is 0.583. The lowest BCUT2D eigenvalue weighted by Crippen LogP contribution is -2.25. The summed E-state index contributed by atoms with van der Waals surface area (Å²) in [6.07, 6.45) is 1.99. The first-order valence-corrected chi connectivity index (χ1v) is 8.49. The third-order valence-electron chi connectivity index (χ3n) is 3.83. The lowest BCUT2D eigenvalue weighted by molar-refractivity contribution is -0.117. The summed E-state index contributed by atoms with van der Waals surface area (Å²) >= 11 is 0. The lowest BCUT2D eigenvalue weighted by atomic mass is 10.1. The van der Waals surface area contributed by atoms with E-state index in [2.05, 4.69) is 15.4 Å². The maximum atomic E-state index is 12.2. The molecule has 27 heavy (non-hydrogen) atoms. The number of anilines is 1.